The van der Waals surface area contributed by atoms with Crippen LogP contribution >= 0.6 is 23.4 Å². The minimum absolute atomic E-state index is 0.141. The monoisotopic (exact) mass is 476 g/mol. The van der Waals surface area contributed by atoms with Crippen molar-refractivity contribution in [3.8, 4) is 5.75 Å². The molecular weight excluding hydrogens is 452 g/mol. The summed E-state index contributed by atoms with van der Waals surface area (Å²) >= 11 is 7.52. The third-order valence-corrected chi connectivity index (χ3v) is 6.45. The lowest BCUT2D eigenvalue weighted by Crippen LogP contribution is -2.19. The van der Waals surface area contributed by atoms with Crippen molar-refractivity contribution in [2.45, 2.75) is 32.8 Å². The van der Waals surface area contributed by atoms with Crippen molar-refractivity contribution in [1.82, 2.24) is 5.32 Å². The summed E-state index contributed by atoms with van der Waals surface area (Å²) in [6, 6.07) is 23.4. The van der Waals surface area contributed by atoms with Crippen LogP contribution in [0.1, 0.15) is 36.5 Å². The average molecular weight is 477 g/mol. The highest BCUT2D eigenvalue weighted by atomic mass is 35.5. The largest absolute Gasteiger partial charge is 0.489 e. The van der Waals surface area contributed by atoms with Crippen LogP contribution in [0.15, 0.2) is 82.7 Å². The third kappa shape index (κ3) is 6.50. The standard InChI is InChI=1S/C27H25ClN2O2S/c1-2-3-6-19-9-13-22(14-10-19)29-27-30-26(31)25(33-27)17-20-11-15-23(16-12-20)32-18-21-7-4-5-8-24(21)28/h4-5,7-17H,2-3,6,18H2,1H3,(H,29,30,31). The highest BCUT2D eigenvalue weighted by molar-refractivity contribution is 8.18. The van der Waals surface area contributed by atoms with Gasteiger partial charge in [0.15, 0.2) is 5.17 Å². The zero-order valence-electron chi connectivity index (χ0n) is 18.4. The van der Waals surface area contributed by atoms with Gasteiger partial charge in [-0.05, 0) is 72.1 Å². The number of rotatable bonds is 8. The Hall–Kier alpha value is -3.02. The van der Waals surface area contributed by atoms with E-state index in [0.29, 0.717) is 21.7 Å². The topological polar surface area (TPSA) is 50.7 Å². The molecule has 0 unspecified atom stereocenters. The zero-order chi connectivity index (χ0) is 23.0. The number of benzene rings is 3. The van der Waals surface area contributed by atoms with Crippen molar-refractivity contribution < 1.29 is 9.53 Å². The van der Waals surface area contributed by atoms with E-state index in [-0.39, 0.29) is 5.91 Å². The second-order valence-corrected chi connectivity index (χ2v) is 9.14. The molecule has 0 aromatic heterocycles. The van der Waals surface area contributed by atoms with Crippen molar-refractivity contribution in [2.75, 3.05) is 0 Å². The van der Waals surface area contributed by atoms with E-state index in [0.717, 1.165) is 29.0 Å². The lowest BCUT2D eigenvalue weighted by atomic mass is 10.1. The number of carbonyl (C=O) groups excluding carboxylic acids is 1. The number of ether oxygens (including phenoxy) is 1. The number of nitrogens with zero attached hydrogens (tertiary/aromatic N) is 1. The second kappa shape index (κ2) is 11.2. The molecule has 0 radical (unpaired) electrons. The molecule has 4 nitrogen and oxygen atoms in total. The van der Waals surface area contributed by atoms with Crippen LogP contribution < -0.4 is 10.1 Å². The van der Waals surface area contributed by atoms with Crippen LogP contribution in [0.2, 0.25) is 5.02 Å². The van der Waals surface area contributed by atoms with E-state index in [2.05, 4.69) is 29.4 Å². The van der Waals surface area contributed by atoms with Crippen LogP contribution in [0.25, 0.3) is 6.08 Å². The van der Waals surface area contributed by atoms with Crippen LogP contribution in [0.5, 0.6) is 5.75 Å². The van der Waals surface area contributed by atoms with Gasteiger partial charge >= 0.3 is 0 Å². The van der Waals surface area contributed by atoms with E-state index in [1.807, 2.05) is 66.7 Å². The molecule has 0 aliphatic carbocycles. The Labute approximate surface area is 203 Å². The van der Waals surface area contributed by atoms with Crippen molar-refractivity contribution in [3.05, 3.63) is 99.4 Å². The maximum atomic E-state index is 12.4. The molecule has 4 rings (SSSR count). The van der Waals surface area contributed by atoms with Crippen molar-refractivity contribution >= 4 is 46.2 Å². The normalized spacial score (nSPS) is 15.8. The predicted octanol–water partition coefficient (Wildman–Crippen LogP) is 7.15. The number of unbranched alkanes of at least 4 members (excludes halogenated alkanes) is 1. The number of thioether (sulfide) groups is 1. The van der Waals surface area contributed by atoms with Gasteiger partial charge in [-0.25, -0.2) is 4.99 Å². The maximum Gasteiger partial charge on any atom is 0.264 e. The molecule has 1 aliphatic rings. The lowest BCUT2D eigenvalue weighted by Gasteiger charge is -2.08. The third-order valence-electron chi connectivity index (χ3n) is 5.17. The molecule has 6 heteroatoms. The van der Waals surface area contributed by atoms with E-state index in [9.17, 15) is 4.79 Å². The molecule has 1 N–H and O–H groups in total. The van der Waals surface area contributed by atoms with Gasteiger partial charge in [-0.3, -0.25) is 4.79 Å². The molecule has 0 atom stereocenters. The van der Waals surface area contributed by atoms with Gasteiger partial charge in [0.1, 0.15) is 12.4 Å². The molecule has 0 spiro atoms. The SMILES string of the molecule is CCCCc1ccc(N=C2NC(=O)C(=Cc3ccc(OCc4ccccc4Cl)cc3)S2)cc1. The quantitative estimate of drug-likeness (QED) is 0.351. The van der Waals surface area contributed by atoms with Gasteiger partial charge in [0.05, 0.1) is 10.6 Å². The van der Waals surface area contributed by atoms with Crippen LogP contribution in [0, 0.1) is 0 Å². The number of halogens is 1. The fourth-order valence-corrected chi connectivity index (χ4v) is 4.34. The molecule has 1 fully saturated rings. The summed E-state index contributed by atoms with van der Waals surface area (Å²) in [5.74, 6) is 0.600. The van der Waals surface area contributed by atoms with Crippen LogP contribution in [-0.4, -0.2) is 11.1 Å². The minimum Gasteiger partial charge on any atom is -0.489 e. The number of amidine groups is 1. The summed E-state index contributed by atoms with van der Waals surface area (Å²) in [5.41, 5.74) is 3.99. The van der Waals surface area contributed by atoms with Crippen molar-refractivity contribution in [1.29, 1.82) is 0 Å². The predicted molar refractivity (Wildman–Crippen MR) is 138 cm³/mol. The first-order valence-corrected chi connectivity index (χ1v) is 12.1. The molecule has 3 aromatic rings. The van der Waals surface area contributed by atoms with Gasteiger partial charge in [-0.2, -0.15) is 0 Å². The Morgan fingerprint density at radius 3 is 2.52 bits per heavy atom. The van der Waals surface area contributed by atoms with Crippen LogP contribution in [0.3, 0.4) is 0 Å². The molecule has 3 aromatic carbocycles. The molecule has 1 amide bonds. The van der Waals surface area contributed by atoms with Crippen LogP contribution in [-0.2, 0) is 17.8 Å². The highest BCUT2D eigenvalue weighted by Crippen LogP contribution is 2.29. The van der Waals surface area contributed by atoms with E-state index in [4.69, 9.17) is 16.3 Å². The number of carbonyl (C=O) groups is 1. The van der Waals surface area contributed by atoms with Gasteiger partial charge in [0.25, 0.3) is 5.91 Å². The molecule has 0 bridgehead atoms. The van der Waals surface area contributed by atoms with E-state index >= 15 is 0 Å². The molecule has 1 saturated heterocycles. The summed E-state index contributed by atoms with van der Waals surface area (Å²) in [6.07, 6.45) is 5.30. The first kappa shape index (κ1) is 23.1. The average Bonchev–Trinajstić information content (AvgIpc) is 3.17. The number of nitrogens with one attached hydrogen (secondary N) is 1. The van der Waals surface area contributed by atoms with E-state index < -0.39 is 0 Å². The second-order valence-electron chi connectivity index (χ2n) is 7.70. The van der Waals surface area contributed by atoms with Gasteiger partial charge in [-0.15, -0.1) is 0 Å². The summed E-state index contributed by atoms with van der Waals surface area (Å²) in [6.45, 7) is 2.59. The first-order chi connectivity index (χ1) is 16.1. The van der Waals surface area contributed by atoms with Gasteiger partial charge in [-0.1, -0.05) is 67.4 Å². The molecule has 33 heavy (non-hydrogen) atoms. The summed E-state index contributed by atoms with van der Waals surface area (Å²) in [7, 11) is 0. The van der Waals surface area contributed by atoms with E-state index in [1.165, 1.54) is 30.2 Å². The number of amides is 1. The highest BCUT2D eigenvalue weighted by Gasteiger charge is 2.23. The first-order valence-electron chi connectivity index (χ1n) is 11.0. The fourth-order valence-electron chi connectivity index (χ4n) is 3.30. The van der Waals surface area contributed by atoms with E-state index in [1.54, 1.807) is 0 Å². The van der Waals surface area contributed by atoms with Gasteiger partial charge in [0, 0.05) is 10.6 Å². The lowest BCUT2D eigenvalue weighted by molar-refractivity contribution is -0.115. The Kier molecular flexibility index (Phi) is 7.87. The minimum atomic E-state index is -0.141. The molecular formula is C27H25ClN2O2S. The summed E-state index contributed by atoms with van der Waals surface area (Å²) < 4.78 is 5.82. The Morgan fingerprint density at radius 2 is 1.79 bits per heavy atom. The van der Waals surface area contributed by atoms with Gasteiger partial charge in [0.2, 0.25) is 0 Å². The number of hydrogen-bond acceptors (Lipinski definition) is 4. The molecule has 1 heterocycles. The maximum absolute atomic E-state index is 12.4. The number of aryl methyl sites for hydroxylation is 1. The van der Waals surface area contributed by atoms with Crippen molar-refractivity contribution in [2.24, 2.45) is 4.99 Å². The number of aliphatic imine (C=N–C) groups is 1. The Morgan fingerprint density at radius 1 is 1.03 bits per heavy atom. The molecule has 0 saturated carbocycles. The van der Waals surface area contributed by atoms with Crippen LogP contribution in [0.4, 0.5) is 5.69 Å². The Balaban J connectivity index is 1.37. The molecule has 1 aliphatic heterocycles. The van der Waals surface area contributed by atoms with Gasteiger partial charge < -0.3 is 10.1 Å². The Bertz CT molecular complexity index is 1170. The molecule has 168 valence electrons. The number of hydrogen-bond donors (Lipinski definition) is 1. The zero-order valence-corrected chi connectivity index (χ0v) is 20.0. The summed E-state index contributed by atoms with van der Waals surface area (Å²) in [5, 5.41) is 4.12. The smallest absolute Gasteiger partial charge is 0.264 e. The summed E-state index contributed by atoms with van der Waals surface area (Å²) in [4.78, 5) is 17.6. The fraction of sp³-hybridized carbons (Fsp3) is 0.185. The van der Waals surface area contributed by atoms with Crippen molar-refractivity contribution in [3.63, 3.8) is 0 Å².